The van der Waals surface area contributed by atoms with E-state index in [1.54, 1.807) is 12.1 Å². The largest absolute Gasteiger partial charge is 0.508 e. The standard InChI is InChI=1S/C12H10INO/c13-9-2-1-3-11(8-9)14-10-4-6-12(15)7-5-10/h1-8,14-15H. The molecule has 15 heavy (non-hydrogen) atoms. The summed E-state index contributed by atoms with van der Waals surface area (Å²) in [5.41, 5.74) is 2.02. The summed E-state index contributed by atoms with van der Waals surface area (Å²) in [7, 11) is 0. The second-order valence-corrected chi connectivity index (χ2v) is 4.43. The summed E-state index contributed by atoms with van der Waals surface area (Å²) in [4.78, 5) is 0. The fourth-order valence-electron chi connectivity index (χ4n) is 1.28. The maximum atomic E-state index is 9.14. The molecule has 0 aromatic heterocycles. The van der Waals surface area contributed by atoms with Gasteiger partial charge in [0.2, 0.25) is 0 Å². The minimum atomic E-state index is 0.281. The molecule has 2 rings (SSSR count). The summed E-state index contributed by atoms with van der Waals surface area (Å²) in [6.07, 6.45) is 0. The van der Waals surface area contributed by atoms with Gasteiger partial charge in [-0.15, -0.1) is 0 Å². The molecule has 0 heterocycles. The van der Waals surface area contributed by atoms with Gasteiger partial charge in [0.15, 0.2) is 0 Å². The lowest BCUT2D eigenvalue weighted by Gasteiger charge is -2.06. The third-order valence-electron chi connectivity index (χ3n) is 1.98. The molecule has 0 spiro atoms. The number of phenolic OH excluding ortho intramolecular Hbond substituents is 1. The third kappa shape index (κ3) is 2.86. The molecule has 0 saturated heterocycles. The second-order valence-electron chi connectivity index (χ2n) is 3.18. The minimum Gasteiger partial charge on any atom is -0.508 e. The maximum absolute atomic E-state index is 9.14. The van der Waals surface area contributed by atoms with Gasteiger partial charge in [-0.05, 0) is 65.1 Å². The van der Waals surface area contributed by atoms with E-state index in [0.29, 0.717) is 0 Å². The molecule has 3 heteroatoms. The van der Waals surface area contributed by atoms with Gasteiger partial charge in [0, 0.05) is 14.9 Å². The van der Waals surface area contributed by atoms with Crippen LogP contribution in [0.4, 0.5) is 11.4 Å². The molecule has 0 amide bonds. The summed E-state index contributed by atoms with van der Waals surface area (Å²) in [6, 6.07) is 15.1. The van der Waals surface area contributed by atoms with Gasteiger partial charge < -0.3 is 10.4 Å². The molecule has 2 nitrogen and oxygen atoms in total. The van der Waals surface area contributed by atoms with E-state index in [1.807, 2.05) is 30.3 Å². The number of phenols is 1. The van der Waals surface area contributed by atoms with Crippen LogP contribution in [0.15, 0.2) is 48.5 Å². The Kier molecular flexibility index (Phi) is 3.11. The SMILES string of the molecule is Oc1ccc(Nc2cccc(I)c2)cc1. The number of anilines is 2. The molecule has 0 fully saturated rings. The van der Waals surface area contributed by atoms with Gasteiger partial charge in [-0.1, -0.05) is 6.07 Å². The fraction of sp³-hybridized carbons (Fsp3) is 0. The van der Waals surface area contributed by atoms with Gasteiger partial charge in [0.1, 0.15) is 5.75 Å². The lowest BCUT2D eigenvalue weighted by molar-refractivity contribution is 0.475. The molecule has 2 aromatic rings. The topological polar surface area (TPSA) is 32.3 Å². The lowest BCUT2D eigenvalue weighted by atomic mass is 10.2. The highest BCUT2D eigenvalue weighted by Crippen LogP contribution is 2.20. The molecule has 0 bridgehead atoms. The summed E-state index contributed by atoms with van der Waals surface area (Å²) in [5, 5.41) is 12.4. The Labute approximate surface area is 102 Å². The van der Waals surface area contributed by atoms with Crippen molar-refractivity contribution in [2.24, 2.45) is 0 Å². The molecule has 76 valence electrons. The van der Waals surface area contributed by atoms with Crippen LogP contribution in [-0.2, 0) is 0 Å². The molecular weight excluding hydrogens is 301 g/mol. The van der Waals surface area contributed by atoms with Gasteiger partial charge in [0.05, 0.1) is 0 Å². The van der Waals surface area contributed by atoms with Crippen molar-refractivity contribution in [3.05, 3.63) is 52.1 Å². The van der Waals surface area contributed by atoms with Gasteiger partial charge in [0.25, 0.3) is 0 Å². The van der Waals surface area contributed by atoms with Crippen LogP contribution in [0.5, 0.6) is 5.75 Å². The Balaban J connectivity index is 2.18. The van der Waals surface area contributed by atoms with Crippen LogP contribution in [-0.4, -0.2) is 5.11 Å². The average Bonchev–Trinajstić information content (AvgIpc) is 2.22. The summed E-state index contributed by atoms with van der Waals surface area (Å²) in [6.45, 7) is 0. The summed E-state index contributed by atoms with van der Waals surface area (Å²) in [5.74, 6) is 0.281. The zero-order valence-corrected chi connectivity index (χ0v) is 10.1. The van der Waals surface area contributed by atoms with Crippen molar-refractivity contribution in [3.63, 3.8) is 0 Å². The van der Waals surface area contributed by atoms with Crippen LogP contribution in [0.2, 0.25) is 0 Å². The van der Waals surface area contributed by atoms with E-state index in [-0.39, 0.29) is 5.75 Å². The van der Waals surface area contributed by atoms with E-state index in [2.05, 4.69) is 34.0 Å². The summed E-state index contributed by atoms with van der Waals surface area (Å²) >= 11 is 2.27. The Hall–Kier alpha value is -1.23. The van der Waals surface area contributed by atoms with E-state index in [4.69, 9.17) is 5.11 Å². The normalized spacial score (nSPS) is 9.93. The van der Waals surface area contributed by atoms with Crippen molar-refractivity contribution in [1.82, 2.24) is 0 Å². The van der Waals surface area contributed by atoms with Gasteiger partial charge >= 0.3 is 0 Å². The quantitative estimate of drug-likeness (QED) is 0.654. The van der Waals surface area contributed by atoms with Crippen molar-refractivity contribution in [1.29, 1.82) is 0 Å². The van der Waals surface area contributed by atoms with Crippen molar-refractivity contribution < 1.29 is 5.11 Å². The van der Waals surface area contributed by atoms with Crippen LogP contribution in [0.1, 0.15) is 0 Å². The predicted molar refractivity (Wildman–Crippen MR) is 70.5 cm³/mol. The van der Waals surface area contributed by atoms with E-state index in [9.17, 15) is 0 Å². The molecule has 0 unspecified atom stereocenters. The monoisotopic (exact) mass is 311 g/mol. The zero-order valence-electron chi connectivity index (χ0n) is 7.94. The molecule has 2 aromatic carbocycles. The van der Waals surface area contributed by atoms with Crippen molar-refractivity contribution >= 4 is 34.0 Å². The first-order chi connectivity index (χ1) is 7.24. The van der Waals surface area contributed by atoms with Crippen LogP contribution < -0.4 is 5.32 Å². The smallest absolute Gasteiger partial charge is 0.115 e. The molecule has 2 N–H and O–H groups in total. The zero-order chi connectivity index (χ0) is 10.7. The highest BCUT2D eigenvalue weighted by atomic mass is 127. The van der Waals surface area contributed by atoms with E-state index < -0.39 is 0 Å². The number of halogens is 1. The fourth-order valence-corrected chi connectivity index (χ4v) is 1.82. The molecule has 0 aliphatic heterocycles. The lowest BCUT2D eigenvalue weighted by Crippen LogP contribution is -1.89. The van der Waals surface area contributed by atoms with Crippen molar-refractivity contribution in [2.45, 2.75) is 0 Å². The molecular formula is C12H10INO. The van der Waals surface area contributed by atoms with Gasteiger partial charge in [-0.25, -0.2) is 0 Å². The first-order valence-corrected chi connectivity index (χ1v) is 5.63. The highest BCUT2D eigenvalue weighted by molar-refractivity contribution is 14.1. The first-order valence-electron chi connectivity index (χ1n) is 4.56. The van der Waals surface area contributed by atoms with E-state index in [0.717, 1.165) is 11.4 Å². The maximum Gasteiger partial charge on any atom is 0.115 e. The van der Waals surface area contributed by atoms with Crippen LogP contribution in [0, 0.1) is 3.57 Å². The Morgan fingerprint density at radius 1 is 0.933 bits per heavy atom. The van der Waals surface area contributed by atoms with Crippen LogP contribution >= 0.6 is 22.6 Å². The predicted octanol–water partition coefficient (Wildman–Crippen LogP) is 3.74. The van der Waals surface area contributed by atoms with E-state index >= 15 is 0 Å². The van der Waals surface area contributed by atoms with Gasteiger partial charge in [-0.2, -0.15) is 0 Å². The van der Waals surface area contributed by atoms with Crippen LogP contribution in [0.25, 0.3) is 0 Å². The van der Waals surface area contributed by atoms with Crippen LogP contribution in [0.3, 0.4) is 0 Å². The third-order valence-corrected chi connectivity index (χ3v) is 2.65. The Morgan fingerprint density at radius 3 is 2.33 bits per heavy atom. The first kappa shape index (κ1) is 10.3. The number of benzene rings is 2. The number of rotatable bonds is 2. The molecule has 0 aliphatic carbocycles. The Bertz CT molecular complexity index is 453. The van der Waals surface area contributed by atoms with E-state index in [1.165, 1.54) is 3.57 Å². The number of hydrogen-bond acceptors (Lipinski definition) is 2. The highest BCUT2D eigenvalue weighted by Gasteiger charge is 1.95. The second kappa shape index (κ2) is 4.53. The molecule has 0 aliphatic rings. The number of hydrogen-bond donors (Lipinski definition) is 2. The summed E-state index contributed by atoms with van der Waals surface area (Å²) < 4.78 is 1.19. The van der Waals surface area contributed by atoms with Crippen molar-refractivity contribution in [2.75, 3.05) is 5.32 Å². The minimum absolute atomic E-state index is 0.281. The number of nitrogens with one attached hydrogen (secondary N) is 1. The Morgan fingerprint density at radius 2 is 1.67 bits per heavy atom. The number of aromatic hydroxyl groups is 1. The van der Waals surface area contributed by atoms with Gasteiger partial charge in [-0.3, -0.25) is 0 Å². The average molecular weight is 311 g/mol. The molecule has 0 saturated carbocycles. The molecule has 0 radical (unpaired) electrons. The molecule has 0 atom stereocenters. The van der Waals surface area contributed by atoms with Crippen molar-refractivity contribution in [3.8, 4) is 5.75 Å².